The Morgan fingerprint density at radius 1 is 1.35 bits per heavy atom. The highest BCUT2D eigenvalue weighted by Crippen LogP contribution is 2.14. The topological polar surface area (TPSA) is 54.9 Å². The van der Waals surface area contributed by atoms with Crippen molar-refractivity contribution in [3.63, 3.8) is 0 Å². The molecule has 1 heterocycles. The molecule has 0 bridgehead atoms. The highest BCUT2D eigenvalue weighted by Gasteiger charge is 2.11. The summed E-state index contributed by atoms with van der Waals surface area (Å²) in [5.41, 5.74) is 2.06. The molecule has 1 N–H and O–H groups in total. The summed E-state index contributed by atoms with van der Waals surface area (Å²) < 4.78 is 0. The van der Waals surface area contributed by atoms with Gasteiger partial charge in [0.1, 0.15) is 5.82 Å². The zero-order valence-corrected chi connectivity index (χ0v) is 12.2. The molecular formula is C15H16ClN3O. The summed E-state index contributed by atoms with van der Waals surface area (Å²) in [4.78, 5) is 20.6. The molecule has 2 aromatic rings. The number of aryl methyl sites for hydroxylation is 2. The van der Waals surface area contributed by atoms with Gasteiger partial charge in [0, 0.05) is 24.2 Å². The molecule has 5 heteroatoms. The van der Waals surface area contributed by atoms with Crippen LogP contribution in [0.5, 0.6) is 0 Å². The average molecular weight is 290 g/mol. The lowest BCUT2D eigenvalue weighted by Gasteiger charge is -2.08. The highest BCUT2D eigenvalue weighted by atomic mass is 35.5. The summed E-state index contributed by atoms with van der Waals surface area (Å²) in [6, 6.07) is 7.42. The van der Waals surface area contributed by atoms with Crippen LogP contribution >= 0.6 is 11.6 Å². The zero-order valence-electron chi connectivity index (χ0n) is 11.5. The van der Waals surface area contributed by atoms with E-state index in [1.807, 2.05) is 32.0 Å². The van der Waals surface area contributed by atoms with Crippen LogP contribution in [0.3, 0.4) is 0 Å². The van der Waals surface area contributed by atoms with Crippen LogP contribution in [-0.4, -0.2) is 15.9 Å². The van der Waals surface area contributed by atoms with Gasteiger partial charge in [-0.2, -0.15) is 0 Å². The van der Waals surface area contributed by atoms with Crippen LogP contribution in [0.15, 0.2) is 30.5 Å². The molecule has 104 valence electrons. The van der Waals surface area contributed by atoms with Crippen LogP contribution in [0.2, 0.25) is 5.02 Å². The first-order chi connectivity index (χ1) is 9.61. The van der Waals surface area contributed by atoms with E-state index in [2.05, 4.69) is 15.3 Å². The zero-order chi connectivity index (χ0) is 14.5. The molecule has 20 heavy (non-hydrogen) atoms. The van der Waals surface area contributed by atoms with Crippen LogP contribution in [0.25, 0.3) is 0 Å². The second kappa shape index (κ2) is 6.48. The third kappa shape index (κ3) is 3.33. The summed E-state index contributed by atoms with van der Waals surface area (Å²) >= 11 is 6.05. The molecule has 0 unspecified atom stereocenters. The van der Waals surface area contributed by atoms with Crippen LogP contribution < -0.4 is 5.32 Å². The van der Waals surface area contributed by atoms with Gasteiger partial charge < -0.3 is 5.32 Å². The van der Waals surface area contributed by atoms with Crippen molar-refractivity contribution in [1.29, 1.82) is 0 Å². The number of amides is 1. The summed E-state index contributed by atoms with van der Waals surface area (Å²) in [5, 5.41) is 3.47. The summed E-state index contributed by atoms with van der Waals surface area (Å²) in [7, 11) is 0. The molecule has 0 radical (unpaired) electrons. The van der Waals surface area contributed by atoms with Gasteiger partial charge in [0.25, 0.3) is 5.91 Å². The van der Waals surface area contributed by atoms with Crippen molar-refractivity contribution in [2.45, 2.75) is 26.8 Å². The van der Waals surface area contributed by atoms with E-state index in [1.54, 1.807) is 12.3 Å². The lowest BCUT2D eigenvalue weighted by atomic mass is 10.2. The van der Waals surface area contributed by atoms with Crippen LogP contribution in [0.1, 0.15) is 34.4 Å². The van der Waals surface area contributed by atoms with Gasteiger partial charge in [-0.15, -0.1) is 0 Å². The molecule has 0 aliphatic heterocycles. The second-order valence-electron chi connectivity index (χ2n) is 4.41. The van der Waals surface area contributed by atoms with E-state index in [4.69, 9.17) is 11.6 Å². The van der Waals surface area contributed by atoms with Crippen molar-refractivity contribution < 1.29 is 4.79 Å². The number of carbonyl (C=O) groups excluding carboxylic acids is 1. The Kier molecular flexibility index (Phi) is 4.69. The van der Waals surface area contributed by atoms with Crippen molar-refractivity contribution in [3.05, 3.63) is 58.1 Å². The number of nitrogens with one attached hydrogen (secondary N) is 1. The van der Waals surface area contributed by atoms with Crippen LogP contribution in [0, 0.1) is 6.92 Å². The Balaban J connectivity index is 2.07. The van der Waals surface area contributed by atoms with E-state index in [0.717, 1.165) is 17.8 Å². The van der Waals surface area contributed by atoms with E-state index in [1.165, 1.54) is 0 Å². The summed E-state index contributed by atoms with van der Waals surface area (Å²) in [6.45, 7) is 4.17. The van der Waals surface area contributed by atoms with Crippen molar-refractivity contribution in [2.24, 2.45) is 0 Å². The number of halogens is 1. The molecule has 0 aliphatic rings. The lowest BCUT2D eigenvalue weighted by molar-refractivity contribution is 0.0949. The normalized spacial score (nSPS) is 10.3. The second-order valence-corrected chi connectivity index (χ2v) is 4.82. The van der Waals surface area contributed by atoms with E-state index in [0.29, 0.717) is 22.8 Å². The van der Waals surface area contributed by atoms with Gasteiger partial charge in [-0.25, -0.2) is 9.97 Å². The Bertz CT molecular complexity index is 628. The first-order valence-electron chi connectivity index (χ1n) is 6.46. The van der Waals surface area contributed by atoms with Gasteiger partial charge in [0.05, 0.1) is 11.3 Å². The number of benzene rings is 1. The minimum absolute atomic E-state index is 0.190. The quantitative estimate of drug-likeness (QED) is 0.941. The van der Waals surface area contributed by atoms with Gasteiger partial charge in [-0.1, -0.05) is 36.7 Å². The van der Waals surface area contributed by atoms with E-state index in [9.17, 15) is 4.79 Å². The van der Waals surface area contributed by atoms with Gasteiger partial charge in [-0.05, 0) is 18.6 Å². The van der Waals surface area contributed by atoms with Crippen molar-refractivity contribution in [3.8, 4) is 0 Å². The third-order valence-electron chi connectivity index (χ3n) is 2.99. The molecular weight excluding hydrogens is 274 g/mol. The Morgan fingerprint density at radius 3 is 2.75 bits per heavy atom. The number of carbonyl (C=O) groups is 1. The van der Waals surface area contributed by atoms with E-state index < -0.39 is 0 Å². The SMILES string of the molecule is CCc1ncc(C(=O)NCc2ccccc2Cl)c(C)n1. The van der Waals surface area contributed by atoms with E-state index in [-0.39, 0.29) is 5.91 Å². The number of hydrogen-bond acceptors (Lipinski definition) is 3. The van der Waals surface area contributed by atoms with Crippen molar-refractivity contribution in [2.75, 3.05) is 0 Å². The third-order valence-corrected chi connectivity index (χ3v) is 3.36. The Morgan fingerprint density at radius 2 is 2.10 bits per heavy atom. The molecule has 0 aliphatic carbocycles. The maximum absolute atomic E-state index is 12.1. The number of rotatable bonds is 4. The molecule has 0 spiro atoms. The number of aromatic nitrogens is 2. The van der Waals surface area contributed by atoms with Gasteiger partial charge in [0.2, 0.25) is 0 Å². The summed E-state index contributed by atoms with van der Waals surface area (Å²) in [5.74, 6) is 0.551. The van der Waals surface area contributed by atoms with Crippen molar-refractivity contribution in [1.82, 2.24) is 15.3 Å². The average Bonchev–Trinajstić information content (AvgIpc) is 2.46. The largest absolute Gasteiger partial charge is 0.348 e. The Labute approximate surface area is 123 Å². The molecule has 0 saturated carbocycles. The predicted molar refractivity (Wildman–Crippen MR) is 78.8 cm³/mol. The molecule has 1 amide bonds. The lowest BCUT2D eigenvalue weighted by Crippen LogP contribution is -2.24. The van der Waals surface area contributed by atoms with E-state index >= 15 is 0 Å². The molecule has 0 saturated heterocycles. The monoisotopic (exact) mass is 289 g/mol. The number of hydrogen-bond donors (Lipinski definition) is 1. The number of nitrogens with zero attached hydrogens (tertiary/aromatic N) is 2. The smallest absolute Gasteiger partial charge is 0.254 e. The fourth-order valence-corrected chi connectivity index (χ4v) is 2.02. The first kappa shape index (κ1) is 14.5. The summed E-state index contributed by atoms with van der Waals surface area (Å²) in [6.07, 6.45) is 2.32. The highest BCUT2D eigenvalue weighted by molar-refractivity contribution is 6.31. The van der Waals surface area contributed by atoms with Gasteiger partial charge in [0.15, 0.2) is 0 Å². The standard InChI is InChI=1S/C15H16ClN3O/c1-3-14-17-9-12(10(2)19-14)15(20)18-8-11-6-4-5-7-13(11)16/h4-7,9H,3,8H2,1-2H3,(H,18,20). The predicted octanol–water partition coefficient (Wildman–Crippen LogP) is 2.93. The van der Waals surface area contributed by atoms with Crippen molar-refractivity contribution >= 4 is 17.5 Å². The molecule has 1 aromatic heterocycles. The fourth-order valence-electron chi connectivity index (χ4n) is 1.82. The van der Waals surface area contributed by atoms with Gasteiger partial charge >= 0.3 is 0 Å². The van der Waals surface area contributed by atoms with Gasteiger partial charge in [-0.3, -0.25) is 4.79 Å². The maximum Gasteiger partial charge on any atom is 0.254 e. The minimum Gasteiger partial charge on any atom is -0.348 e. The van der Waals surface area contributed by atoms with Crippen LogP contribution in [-0.2, 0) is 13.0 Å². The maximum atomic E-state index is 12.1. The first-order valence-corrected chi connectivity index (χ1v) is 6.83. The molecule has 2 rings (SSSR count). The van der Waals surface area contributed by atoms with Crippen LogP contribution in [0.4, 0.5) is 0 Å². The molecule has 0 atom stereocenters. The fraction of sp³-hybridized carbons (Fsp3) is 0.267. The molecule has 1 aromatic carbocycles. The minimum atomic E-state index is -0.190. The Hall–Kier alpha value is -1.94. The molecule has 0 fully saturated rings. The molecule has 4 nitrogen and oxygen atoms in total.